The Hall–Kier alpha value is -1.32. The molecular formula is C18H22BrNO. The molecule has 21 heavy (non-hydrogen) atoms. The zero-order valence-electron chi connectivity index (χ0n) is 12.5. The maximum atomic E-state index is 9.56. The first-order valence-electron chi connectivity index (χ1n) is 7.28. The molecule has 2 aromatic rings. The van der Waals surface area contributed by atoms with Crippen molar-refractivity contribution in [3.8, 4) is 5.75 Å². The van der Waals surface area contributed by atoms with E-state index in [1.807, 2.05) is 12.1 Å². The molecule has 2 nitrogen and oxygen atoms in total. The molecule has 2 rings (SSSR count). The molecule has 112 valence electrons. The molecular weight excluding hydrogens is 326 g/mol. The van der Waals surface area contributed by atoms with Gasteiger partial charge in [0.2, 0.25) is 0 Å². The van der Waals surface area contributed by atoms with Crippen LogP contribution >= 0.6 is 15.9 Å². The number of rotatable bonds is 5. The summed E-state index contributed by atoms with van der Waals surface area (Å²) < 4.78 is 0.728. The summed E-state index contributed by atoms with van der Waals surface area (Å²) in [6.45, 7) is 5.01. The van der Waals surface area contributed by atoms with Crippen LogP contribution < -0.4 is 5.73 Å². The molecule has 0 fully saturated rings. The van der Waals surface area contributed by atoms with Gasteiger partial charge in [-0.15, -0.1) is 0 Å². The molecule has 3 N–H and O–H groups in total. The number of hydrogen-bond acceptors (Lipinski definition) is 2. The second kappa shape index (κ2) is 7.10. The van der Waals surface area contributed by atoms with Crippen molar-refractivity contribution in [2.45, 2.75) is 32.1 Å². The lowest BCUT2D eigenvalue weighted by atomic mass is 9.90. The minimum Gasteiger partial charge on any atom is -0.507 e. The fourth-order valence-electron chi connectivity index (χ4n) is 2.45. The van der Waals surface area contributed by atoms with E-state index >= 15 is 0 Å². The number of nitrogens with two attached hydrogens (primary N) is 1. The van der Waals surface area contributed by atoms with E-state index in [9.17, 15) is 5.11 Å². The maximum absolute atomic E-state index is 9.56. The highest BCUT2D eigenvalue weighted by Gasteiger charge is 2.12. The van der Waals surface area contributed by atoms with Crippen LogP contribution in [0.2, 0.25) is 0 Å². The number of phenolic OH excluding ortho intramolecular Hbond substituents is 1. The molecule has 0 heterocycles. The lowest BCUT2D eigenvalue weighted by Crippen LogP contribution is -2.15. The molecule has 0 spiro atoms. The summed E-state index contributed by atoms with van der Waals surface area (Å²) in [5, 5.41) is 9.56. The van der Waals surface area contributed by atoms with Crippen LogP contribution in [-0.2, 0) is 6.42 Å². The van der Waals surface area contributed by atoms with Crippen molar-refractivity contribution in [3.05, 3.63) is 63.6 Å². The van der Waals surface area contributed by atoms with Crippen LogP contribution in [0.5, 0.6) is 5.75 Å². The van der Waals surface area contributed by atoms with Crippen LogP contribution in [0.25, 0.3) is 0 Å². The average Bonchev–Trinajstić information content (AvgIpc) is 2.48. The van der Waals surface area contributed by atoms with Crippen molar-refractivity contribution in [3.63, 3.8) is 0 Å². The van der Waals surface area contributed by atoms with Crippen molar-refractivity contribution < 1.29 is 5.11 Å². The third-order valence-corrected chi connectivity index (χ3v) is 4.49. The van der Waals surface area contributed by atoms with Crippen LogP contribution in [0.4, 0.5) is 0 Å². The number of hydrogen-bond donors (Lipinski definition) is 2. The number of aromatic hydroxyl groups is 1. The van der Waals surface area contributed by atoms with E-state index in [0.29, 0.717) is 18.4 Å². The third kappa shape index (κ3) is 4.08. The highest BCUT2D eigenvalue weighted by atomic mass is 79.9. The smallest absolute Gasteiger partial charge is 0.129 e. The molecule has 1 unspecified atom stereocenters. The largest absolute Gasteiger partial charge is 0.507 e. The third-order valence-electron chi connectivity index (χ3n) is 3.85. The molecule has 0 aliphatic rings. The van der Waals surface area contributed by atoms with Crippen molar-refractivity contribution in [1.82, 2.24) is 0 Å². The van der Waals surface area contributed by atoms with Crippen molar-refractivity contribution in [2.75, 3.05) is 6.54 Å². The molecule has 0 saturated carbocycles. The van der Waals surface area contributed by atoms with Gasteiger partial charge in [0.15, 0.2) is 0 Å². The first-order valence-corrected chi connectivity index (χ1v) is 8.08. The quantitative estimate of drug-likeness (QED) is 0.832. The summed E-state index contributed by atoms with van der Waals surface area (Å²) in [6, 6.07) is 14.4. The van der Waals surface area contributed by atoms with Gasteiger partial charge in [-0.2, -0.15) is 0 Å². The fraction of sp³-hybridized carbons (Fsp3) is 0.333. The van der Waals surface area contributed by atoms with Crippen LogP contribution in [0.15, 0.2) is 46.9 Å². The zero-order chi connectivity index (χ0) is 15.4. The Kier molecular flexibility index (Phi) is 5.43. The van der Waals surface area contributed by atoms with E-state index in [-0.39, 0.29) is 5.75 Å². The maximum Gasteiger partial charge on any atom is 0.129 e. The molecule has 0 bridgehead atoms. The molecule has 0 aliphatic heterocycles. The van der Waals surface area contributed by atoms with Gasteiger partial charge in [0.25, 0.3) is 0 Å². The minimum atomic E-state index is 0.268. The van der Waals surface area contributed by atoms with Gasteiger partial charge in [-0.05, 0) is 63.6 Å². The van der Waals surface area contributed by atoms with Crippen LogP contribution in [-0.4, -0.2) is 11.7 Å². The van der Waals surface area contributed by atoms with E-state index in [1.54, 1.807) is 6.07 Å². The molecule has 0 saturated heterocycles. The van der Waals surface area contributed by atoms with Gasteiger partial charge in [-0.25, -0.2) is 0 Å². The van der Waals surface area contributed by atoms with Gasteiger partial charge in [-0.1, -0.05) is 44.2 Å². The van der Waals surface area contributed by atoms with E-state index in [2.05, 4.69) is 54.0 Å². The predicted molar refractivity (Wildman–Crippen MR) is 91.8 cm³/mol. The summed E-state index contributed by atoms with van der Waals surface area (Å²) in [5.74, 6) is 1.11. The van der Waals surface area contributed by atoms with Crippen molar-refractivity contribution >= 4 is 15.9 Å². The zero-order valence-corrected chi connectivity index (χ0v) is 14.1. The van der Waals surface area contributed by atoms with E-state index in [4.69, 9.17) is 5.73 Å². The lowest BCUT2D eigenvalue weighted by molar-refractivity contribution is 0.471. The second-order valence-electron chi connectivity index (χ2n) is 5.74. The fourth-order valence-corrected chi connectivity index (χ4v) is 2.88. The predicted octanol–water partition coefficient (Wildman–Crippen LogP) is 4.56. The molecule has 3 heteroatoms. The Morgan fingerprint density at radius 2 is 1.67 bits per heavy atom. The van der Waals surface area contributed by atoms with E-state index in [1.165, 1.54) is 16.7 Å². The Bertz CT molecular complexity index is 593. The first kappa shape index (κ1) is 16.1. The number of halogens is 1. The molecule has 0 radical (unpaired) electrons. The van der Waals surface area contributed by atoms with E-state index < -0.39 is 0 Å². The molecule has 0 aromatic heterocycles. The number of benzene rings is 2. The van der Waals surface area contributed by atoms with Crippen molar-refractivity contribution in [2.24, 2.45) is 5.73 Å². The van der Waals surface area contributed by atoms with Gasteiger partial charge in [0.1, 0.15) is 5.75 Å². The summed E-state index contributed by atoms with van der Waals surface area (Å²) in [4.78, 5) is 0. The molecule has 0 amide bonds. The number of phenols is 1. The van der Waals surface area contributed by atoms with Crippen LogP contribution in [0.3, 0.4) is 0 Å². The van der Waals surface area contributed by atoms with Gasteiger partial charge < -0.3 is 10.8 Å². The highest BCUT2D eigenvalue weighted by molar-refractivity contribution is 9.10. The second-order valence-corrected chi connectivity index (χ2v) is 6.60. The van der Waals surface area contributed by atoms with Gasteiger partial charge in [-0.3, -0.25) is 0 Å². The summed E-state index contributed by atoms with van der Waals surface area (Å²) >= 11 is 3.36. The molecule has 1 atom stereocenters. The SMILES string of the molecule is CC(C)c1ccc(C(CN)Cc2ccc(O)c(Br)c2)cc1. The summed E-state index contributed by atoms with van der Waals surface area (Å²) in [6.07, 6.45) is 0.871. The molecule has 2 aromatic carbocycles. The Morgan fingerprint density at radius 1 is 1.05 bits per heavy atom. The normalized spacial score (nSPS) is 12.6. The van der Waals surface area contributed by atoms with Gasteiger partial charge in [0, 0.05) is 5.92 Å². The van der Waals surface area contributed by atoms with Crippen LogP contribution in [0, 0.1) is 0 Å². The first-order chi connectivity index (χ1) is 10.0. The van der Waals surface area contributed by atoms with Gasteiger partial charge in [0.05, 0.1) is 4.47 Å². The summed E-state index contributed by atoms with van der Waals surface area (Å²) in [5.41, 5.74) is 9.75. The van der Waals surface area contributed by atoms with Gasteiger partial charge >= 0.3 is 0 Å². The average molecular weight is 348 g/mol. The minimum absolute atomic E-state index is 0.268. The lowest BCUT2D eigenvalue weighted by Gasteiger charge is -2.17. The van der Waals surface area contributed by atoms with Crippen LogP contribution in [0.1, 0.15) is 42.4 Å². The highest BCUT2D eigenvalue weighted by Crippen LogP contribution is 2.28. The van der Waals surface area contributed by atoms with E-state index in [0.717, 1.165) is 10.9 Å². The standard InChI is InChI=1S/C18H22BrNO/c1-12(2)14-4-6-15(7-5-14)16(11-20)9-13-3-8-18(21)17(19)10-13/h3-8,10,12,16,21H,9,11,20H2,1-2H3. The topological polar surface area (TPSA) is 46.2 Å². The Morgan fingerprint density at radius 3 is 2.19 bits per heavy atom. The monoisotopic (exact) mass is 347 g/mol. The molecule has 0 aliphatic carbocycles. The summed E-state index contributed by atoms with van der Waals surface area (Å²) in [7, 11) is 0. The van der Waals surface area contributed by atoms with Crippen molar-refractivity contribution in [1.29, 1.82) is 0 Å². The Balaban J connectivity index is 2.17. The Labute approximate surface area is 135 Å².